The van der Waals surface area contributed by atoms with Crippen LogP contribution in [0.5, 0.6) is 5.75 Å². The maximum Gasteiger partial charge on any atom is 0.310 e. The molecule has 4 nitrogen and oxygen atoms in total. The van der Waals surface area contributed by atoms with Crippen molar-refractivity contribution in [3.05, 3.63) is 29.8 Å². The van der Waals surface area contributed by atoms with Gasteiger partial charge in [0.05, 0.1) is 5.41 Å². The Morgan fingerprint density at radius 2 is 1.94 bits per heavy atom. The van der Waals surface area contributed by atoms with E-state index in [4.69, 9.17) is 5.73 Å². The van der Waals surface area contributed by atoms with Gasteiger partial charge in [-0.05, 0) is 24.5 Å². The third kappa shape index (κ3) is 1.97. The van der Waals surface area contributed by atoms with E-state index in [2.05, 4.69) is 0 Å². The predicted molar refractivity (Wildman–Crippen MR) is 68.4 cm³/mol. The zero-order valence-electron chi connectivity index (χ0n) is 10.3. The van der Waals surface area contributed by atoms with Gasteiger partial charge in [0.1, 0.15) is 5.75 Å². The van der Waals surface area contributed by atoms with Crippen LogP contribution < -0.4 is 5.73 Å². The molecule has 2 rings (SSSR count). The molecular formula is C14H19NO3. The molecule has 1 fully saturated rings. The minimum atomic E-state index is -0.812. The Morgan fingerprint density at radius 1 is 1.33 bits per heavy atom. The molecule has 98 valence electrons. The fourth-order valence-electron chi connectivity index (χ4n) is 3.15. The summed E-state index contributed by atoms with van der Waals surface area (Å²) >= 11 is 0. The lowest BCUT2D eigenvalue weighted by atomic mass is 9.70. The van der Waals surface area contributed by atoms with Gasteiger partial charge in [0, 0.05) is 12.5 Å². The average molecular weight is 249 g/mol. The second kappa shape index (κ2) is 4.98. The largest absolute Gasteiger partial charge is 0.508 e. The lowest BCUT2D eigenvalue weighted by Gasteiger charge is -2.33. The number of aliphatic carboxylic acids is 1. The molecular weight excluding hydrogens is 230 g/mol. The Hall–Kier alpha value is -1.55. The highest BCUT2D eigenvalue weighted by atomic mass is 16.4. The minimum absolute atomic E-state index is 0.139. The van der Waals surface area contributed by atoms with Gasteiger partial charge < -0.3 is 15.9 Å². The summed E-state index contributed by atoms with van der Waals surface area (Å²) in [7, 11) is 0. The Labute approximate surface area is 106 Å². The number of carboxylic acids is 1. The number of carboxylic acid groups (broad SMARTS) is 1. The average Bonchev–Trinajstić information content (AvgIpc) is 2.83. The summed E-state index contributed by atoms with van der Waals surface area (Å²) in [5.41, 5.74) is 5.65. The van der Waals surface area contributed by atoms with Gasteiger partial charge >= 0.3 is 5.97 Å². The lowest BCUT2D eigenvalue weighted by Crippen LogP contribution is -2.38. The Morgan fingerprint density at radius 3 is 2.44 bits per heavy atom. The van der Waals surface area contributed by atoms with Crippen LogP contribution in [0.25, 0.3) is 0 Å². The number of para-hydroxylation sites is 1. The lowest BCUT2D eigenvalue weighted by molar-refractivity contribution is -0.150. The molecule has 1 atom stereocenters. The molecule has 4 N–H and O–H groups in total. The van der Waals surface area contributed by atoms with Crippen molar-refractivity contribution in [3.8, 4) is 5.75 Å². The van der Waals surface area contributed by atoms with Gasteiger partial charge in [-0.15, -0.1) is 0 Å². The maximum atomic E-state index is 11.7. The smallest absolute Gasteiger partial charge is 0.310 e. The zero-order chi connectivity index (χ0) is 13.2. The van der Waals surface area contributed by atoms with Crippen LogP contribution in [0.3, 0.4) is 0 Å². The van der Waals surface area contributed by atoms with E-state index in [0.717, 1.165) is 12.8 Å². The van der Waals surface area contributed by atoms with Gasteiger partial charge in [0.15, 0.2) is 0 Å². The molecule has 1 aliphatic carbocycles. The SMILES string of the molecule is NCC(c1ccccc1O)C1(C(=O)O)CCCC1. The first-order chi connectivity index (χ1) is 8.62. The third-order valence-corrected chi connectivity index (χ3v) is 4.14. The molecule has 1 aliphatic rings. The first kappa shape index (κ1) is 12.9. The van der Waals surface area contributed by atoms with E-state index < -0.39 is 11.4 Å². The molecule has 0 spiro atoms. The summed E-state index contributed by atoms with van der Waals surface area (Å²) in [6.45, 7) is 0.240. The van der Waals surface area contributed by atoms with Crippen LogP contribution in [0, 0.1) is 5.41 Å². The van der Waals surface area contributed by atoms with E-state index in [-0.39, 0.29) is 18.2 Å². The molecule has 0 aromatic heterocycles. The van der Waals surface area contributed by atoms with E-state index in [9.17, 15) is 15.0 Å². The van der Waals surface area contributed by atoms with Gasteiger partial charge in [0.2, 0.25) is 0 Å². The molecule has 0 radical (unpaired) electrons. The summed E-state index contributed by atoms with van der Waals surface area (Å²) in [6.07, 6.45) is 3.10. The number of hydrogen-bond donors (Lipinski definition) is 3. The van der Waals surface area contributed by atoms with E-state index in [1.165, 1.54) is 0 Å². The Kier molecular flexibility index (Phi) is 3.57. The van der Waals surface area contributed by atoms with Gasteiger partial charge in [-0.25, -0.2) is 0 Å². The molecule has 0 saturated heterocycles. The van der Waals surface area contributed by atoms with E-state index in [0.29, 0.717) is 18.4 Å². The number of rotatable bonds is 4. The van der Waals surface area contributed by atoms with Crippen molar-refractivity contribution in [2.45, 2.75) is 31.6 Å². The van der Waals surface area contributed by atoms with Crippen molar-refractivity contribution in [2.24, 2.45) is 11.1 Å². The van der Waals surface area contributed by atoms with Crippen molar-refractivity contribution in [1.82, 2.24) is 0 Å². The van der Waals surface area contributed by atoms with Crippen LogP contribution in [0.4, 0.5) is 0 Å². The molecule has 0 heterocycles. The number of benzene rings is 1. The van der Waals surface area contributed by atoms with Crippen LogP contribution in [-0.4, -0.2) is 22.7 Å². The molecule has 0 amide bonds. The van der Waals surface area contributed by atoms with Crippen molar-refractivity contribution in [1.29, 1.82) is 0 Å². The number of carbonyl (C=O) groups is 1. The summed E-state index contributed by atoms with van der Waals surface area (Å²) in [6, 6.07) is 6.90. The van der Waals surface area contributed by atoms with Crippen LogP contribution in [-0.2, 0) is 4.79 Å². The first-order valence-corrected chi connectivity index (χ1v) is 6.33. The van der Waals surface area contributed by atoms with Crippen molar-refractivity contribution >= 4 is 5.97 Å². The van der Waals surface area contributed by atoms with Crippen LogP contribution >= 0.6 is 0 Å². The van der Waals surface area contributed by atoms with Crippen LogP contribution in [0.1, 0.15) is 37.2 Å². The summed E-state index contributed by atoms with van der Waals surface area (Å²) in [5, 5.41) is 19.5. The highest BCUT2D eigenvalue weighted by Crippen LogP contribution is 2.50. The Bertz CT molecular complexity index is 438. The molecule has 1 aromatic carbocycles. The highest BCUT2D eigenvalue weighted by molar-refractivity contribution is 5.77. The van der Waals surface area contributed by atoms with E-state index >= 15 is 0 Å². The molecule has 1 unspecified atom stereocenters. The molecule has 1 saturated carbocycles. The molecule has 0 aliphatic heterocycles. The van der Waals surface area contributed by atoms with Gasteiger partial charge in [-0.2, -0.15) is 0 Å². The predicted octanol–water partition coefficient (Wildman–Crippen LogP) is 2.08. The fraction of sp³-hybridized carbons (Fsp3) is 0.500. The second-order valence-electron chi connectivity index (χ2n) is 5.02. The zero-order valence-corrected chi connectivity index (χ0v) is 10.3. The summed E-state index contributed by atoms with van der Waals surface area (Å²) in [5.74, 6) is -0.974. The van der Waals surface area contributed by atoms with E-state index in [1.807, 2.05) is 6.07 Å². The fourth-order valence-corrected chi connectivity index (χ4v) is 3.15. The topological polar surface area (TPSA) is 83.5 Å². The van der Waals surface area contributed by atoms with Crippen molar-refractivity contribution in [3.63, 3.8) is 0 Å². The number of phenolic OH excluding ortho intramolecular Hbond substituents is 1. The molecule has 0 bridgehead atoms. The molecule has 1 aromatic rings. The van der Waals surface area contributed by atoms with Gasteiger partial charge in [-0.3, -0.25) is 4.79 Å². The monoisotopic (exact) mass is 249 g/mol. The van der Waals surface area contributed by atoms with Crippen LogP contribution in [0.15, 0.2) is 24.3 Å². The molecule has 4 heteroatoms. The second-order valence-corrected chi connectivity index (χ2v) is 5.02. The quantitative estimate of drug-likeness (QED) is 0.762. The summed E-state index contributed by atoms with van der Waals surface area (Å²) < 4.78 is 0. The number of phenols is 1. The third-order valence-electron chi connectivity index (χ3n) is 4.14. The first-order valence-electron chi connectivity index (χ1n) is 6.33. The minimum Gasteiger partial charge on any atom is -0.508 e. The van der Waals surface area contributed by atoms with E-state index in [1.54, 1.807) is 18.2 Å². The van der Waals surface area contributed by atoms with Crippen LogP contribution in [0.2, 0.25) is 0 Å². The van der Waals surface area contributed by atoms with Crippen molar-refractivity contribution < 1.29 is 15.0 Å². The van der Waals surface area contributed by atoms with Gasteiger partial charge in [-0.1, -0.05) is 31.0 Å². The highest BCUT2D eigenvalue weighted by Gasteiger charge is 2.48. The summed E-state index contributed by atoms with van der Waals surface area (Å²) in [4.78, 5) is 11.7. The number of nitrogens with two attached hydrogens (primary N) is 1. The number of aromatic hydroxyl groups is 1. The maximum absolute atomic E-state index is 11.7. The number of hydrogen-bond acceptors (Lipinski definition) is 3. The Balaban J connectivity index is 2.44. The van der Waals surface area contributed by atoms with Crippen molar-refractivity contribution in [2.75, 3.05) is 6.54 Å². The molecule has 18 heavy (non-hydrogen) atoms. The normalized spacial score (nSPS) is 19.6. The standard InChI is InChI=1S/C14H19NO3/c15-9-11(10-5-1-2-6-12(10)16)14(13(17)18)7-3-4-8-14/h1-2,5-6,11,16H,3-4,7-9,15H2,(H,17,18). The van der Waals surface area contributed by atoms with Gasteiger partial charge in [0.25, 0.3) is 0 Å².